The lowest BCUT2D eigenvalue weighted by Crippen LogP contribution is -2.20. The summed E-state index contributed by atoms with van der Waals surface area (Å²) in [6.45, 7) is 0. The zero-order valence-corrected chi connectivity index (χ0v) is 27.5. The van der Waals surface area contributed by atoms with Gasteiger partial charge in [0.1, 0.15) is 45.8 Å². The van der Waals surface area contributed by atoms with Gasteiger partial charge in [0, 0.05) is 23.8 Å². The van der Waals surface area contributed by atoms with E-state index in [-0.39, 0.29) is 80.2 Å². The molecule has 3 N–H and O–H groups in total. The van der Waals surface area contributed by atoms with Gasteiger partial charge in [0.15, 0.2) is 34.0 Å². The lowest BCUT2D eigenvalue weighted by molar-refractivity contribution is 0.0844. The van der Waals surface area contributed by atoms with Crippen LogP contribution in [0, 0.1) is 0 Å². The number of carbonyl (C=O) groups is 1. The molecule has 13 heteroatoms. The number of rotatable bonds is 8. The number of hydrogen-bond donors (Lipinski definition) is 3. The summed E-state index contributed by atoms with van der Waals surface area (Å²) in [6.07, 6.45) is -0.588. The summed E-state index contributed by atoms with van der Waals surface area (Å²) < 4.78 is 43.5. The molecule has 6 rings (SSSR count). The molecular weight excluding hydrogens is 640 g/mol. The molecule has 0 spiro atoms. The Balaban J connectivity index is 0.000000195. The summed E-state index contributed by atoms with van der Waals surface area (Å²) in [5.41, 5.74) is 1.29. The molecule has 1 aliphatic heterocycles. The van der Waals surface area contributed by atoms with Gasteiger partial charge in [-0.3, -0.25) is 9.59 Å². The van der Waals surface area contributed by atoms with E-state index in [1.807, 2.05) is 0 Å². The molecule has 0 saturated heterocycles. The summed E-state index contributed by atoms with van der Waals surface area (Å²) in [5.74, 6) is 1.68. The Hall–Kier alpha value is -6.24. The van der Waals surface area contributed by atoms with Crippen LogP contribution in [0.2, 0.25) is 0 Å². The van der Waals surface area contributed by atoms with Crippen molar-refractivity contribution in [1.29, 1.82) is 0 Å². The van der Waals surface area contributed by atoms with Crippen LogP contribution < -0.4 is 38.6 Å². The highest BCUT2D eigenvalue weighted by Crippen LogP contribution is 2.50. The lowest BCUT2D eigenvalue weighted by Gasteiger charge is -2.26. The first-order valence-electron chi connectivity index (χ1n) is 14.7. The second-order valence-corrected chi connectivity index (χ2v) is 10.5. The standard InChI is InChI=1S/C20H20O7.C16H14O6/c1-22-12-8-6-11(7-9-12)14-10-13(21)15-16(23-2)18(24-3)20(26-5)19(25-4)17(15)27-14;1-21-13-3-2-8(4-10(13)18)14-7-12(20)16-11(19)5-9(17)6-15(16)22-14/h6-10H,1-5H3;2-6,14,17-19H,7H2,1H3/t;14-/m.0/s1. The smallest absolute Gasteiger partial charge is 0.211 e. The summed E-state index contributed by atoms with van der Waals surface area (Å²) in [7, 11) is 8.86. The molecule has 13 nitrogen and oxygen atoms in total. The topological polar surface area (TPSA) is 173 Å². The number of carbonyl (C=O) groups excluding carboxylic acids is 1. The molecule has 1 aliphatic rings. The largest absolute Gasteiger partial charge is 0.508 e. The molecule has 0 unspecified atom stereocenters. The van der Waals surface area contributed by atoms with Gasteiger partial charge in [0.05, 0.1) is 49.1 Å². The number of ether oxygens (including phenoxy) is 7. The van der Waals surface area contributed by atoms with Gasteiger partial charge in [0.2, 0.25) is 17.2 Å². The Morgan fingerprint density at radius 3 is 1.92 bits per heavy atom. The van der Waals surface area contributed by atoms with E-state index in [4.69, 9.17) is 37.6 Å². The van der Waals surface area contributed by atoms with Crippen molar-refractivity contribution in [3.05, 3.63) is 82.0 Å². The van der Waals surface area contributed by atoms with Crippen LogP contribution in [-0.4, -0.2) is 63.8 Å². The second-order valence-electron chi connectivity index (χ2n) is 10.5. The molecule has 1 aromatic heterocycles. The van der Waals surface area contributed by atoms with Crippen molar-refractivity contribution in [1.82, 2.24) is 0 Å². The van der Waals surface area contributed by atoms with Crippen LogP contribution in [-0.2, 0) is 0 Å². The van der Waals surface area contributed by atoms with Crippen molar-refractivity contribution in [3.63, 3.8) is 0 Å². The maximum atomic E-state index is 12.9. The summed E-state index contributed by atoms with van der Waals surface area (Å²) in [4.78, 5) is 25.1. The third kappa shape index (κ3) is 6.50. The van der Waals surface area contributed by atoms with Crippen molar-refractivity contribution in [2.24, 2.45) is 0 Å². The van der Waals surface area contributed by atoms with E-state index in [9.17, 15) is 24.9 Å². The molecule has 0 amide bonds. The Kier molecular flexibility index (Phi) is 9.92. The van der Waals surface area contributed by atoms with E-state index in [1.165, 1.54) is 53.7 Å². The average Bonchev–Trinajstić information content (AvgIpc) is 3.10. The molecule has 256 valence electrons. The highest BCUT2D eigenvalue weighted by molar-refractivity contribution is 6.02. The number of benzene rings is 4. The summed E-state index contributed by atoms with van der Waals surface area (Å²) in [5, 5.41) is 29.3. The Morgan fingerprint density at radius 2 is 1.33 bits per heavy atom. The van der Waals surface area contributed by atoms with Crippen molar-refractivity contribution < 1.29 is 57.7 Å². The van der Waals surface area contributed by atoms with E-state index in [0.717, 1.165) is 6.07 Å². The highest BCUT2D eigenvalue weighted by atomic mass is 16.5. The van der Waals surface area contributed by atoms with Gasteiger partial charge >= 0.3 is 0 Å². The maximum Gasteiger partial charge on any atom is 0.211 e. The minimum Gasteiger partial charge on any atom is -0.508 e. The predicted octanol–water partition coefficient (Wildman–Crippen LogP) is 6.02. The monoisotopic (exact) mass is 674 g/mol. The first-order chi connectivity index (χ1) is 23.6. The van der Waals surface area contributed by atoms with Crippen LogP contribution in [0.15, 0.2) is 69.9 Å². The number of phenols is 3. The molecule has 1 atom stereocenters. The zero-order chi connectivity index (χ0) is 35.4. The van der Waals surface area contributed by atoms with E-state index in [1.54, 1.807) is 43.5 Å². The third-order valence-electron chi connectivity index (χ3n) is 7.75. The van der Waals surface area contributed by atoms with Crippen LogP contribution in [0.5, 0.6) is 57.5 Å². The normalized spacial score (nSPS) is 13.3. The number of Topliss-reactive ketones (excluding diaryl/α,β-unsaturated/α-hetero) is 1. The van der Waals surface area contributed by atoms with Gasteiger partial charge in [-0.05, 0) is 42.0 Å². The average molecular weight is 675 g/mol. The van der Waals surface area contributed by atoms with E-state index in [0.29, 0.717) is 28.4 Å². The zero-order valence-electron chi connectivity index (χ0n) is 27.5. The quantitative estimate of drug-likeness (QED) is 0.175. The van der Waals surface area contributed by atoms with Crippen molar-refractivity contribution in [2.75, 3.05) is 42.7 Å². The van der Waals surface area contributed by atoms with E-state index in [2.05, 4.69) is 0 Å². The first-order valence-corrected chi connectivity index (χ1v) is 14.7. The molecule has 5 aromatic rings. The first kappa shape index (κ1) is 34.1. The summed E-state index contributed by atoms with van der Waals surface area (Å²) in [6, 6.07) is 15.7. The molecule has 2 heterocycles. The highest BCUT2D eigenvalue weighted by Gasteiger charge is 2.31. The third-order valence-corrected chi connectivity index (χ3v) is 7.75. The fourth-order valence-corrected chi connectivity index (χ4v) is 5.46. The Bertz CT molecular complexity index is 2070. The van der Waals surface area contributed by atoms with Crippen molar-refractivity contribution in [3.8, 4) is 68.8 Å². The fourth-order valence-electron chi connectivity index (χ4n) is 5.46. The van der Waals surface area contributed by atoms with Crippen molar-refractivity contribution >= 4 is 16.8 Å². The minimum absolute atomic E-state index is 0.0249. The molecule has 0 bridgehead atoms. The number of hydrogen-bond acceptors (Lipinski definition) is 13. The lowest BCUT2D eigenvalue weighted by atomic mass is 9.95. The SMILES string of the molecule is COc1ccc(-c2cc(=O)c3c(OC)c(OC)c(OC)c(OC)c3o2)cc1.COc1ccc([C@@H]2CC(=O)c3c(O)cc(O)cc3O2)cc1O. The van der Waals surface area contributed by atoms with Gasteiger partial charge in [-0.15, -0.1) is 0 Å². The maximum absolute atomic E-state index is 12.9. The molecule has 49 heavy (non-hydrogen) atoms. The van der Waals surface area contributed by atoms with Crippen LogP contribution in [0.1, 0.15) is 28.4 Å². The van der Waals surface area contributed by atoms with E-state index < -0.39 is 6.10 Å². The van der Waals surface area contributed by atoms with Crippen LogP contribution in [0.3, 0.4) is 0 Å². The second kappa shape index (κ2) is 14.3. The number of phenolic OH excluding ortho intramolecular Hbond substituents is 3. The number of fused-ring (bicyclic) bond motifs is 2. The molecular formula is C36H34O13. The molecule has 0 fully saturated rings. The van der Waals surface area contributed by atoms with Crippen molar-refractivity contribution in [2.45, 2.75) is 12.5 Å². The number of aromatic hydroxyl groups is 3. The molecule has 4 aromatic carbocycles. The van der Waals surface area contributed by atoms with Gasteiger partial charge in [-0.2, -0.15) is 0 Å². The number of ketones is 1. The minimum atomic E-state index is -0.613. The fraction of sp³-hybridized carbons (Fsp3) is 0.222. The van der Waals surface area contributed by atoms with Gasteiger partial charge in [-0.25, -0.2) is 0 Å². The summed E-state index contributed by atoms with van der Waals surface area (Å²) >= 11 is 0. The van der Waals surface area contributed by atoms with Gasteiger partial charge in [-0.1, -0.05) is 6.07 Å². The molecule has 0 aliphatic carbocycles. The number of methoxy groups -OCH3 is 6. The Labute approximate surface area is 280 Å². The predicted molar refractivity (Wildman–Crippen MR) is 177 cm³/mol. The molecule has 0 radical (unpaired) electrons. The van der Waals surface area contributed by atoms with Crippen LogP contribution in [0.4, 0.5) is 0 Å². The van der Waals surface area contributed by atoms with Gasteiger partial charge < -0.3 is 52.9 Å². The van der Waals surface area contributed by atoms with Crippen LogP contribution in [0.25, 0.3) is 22.3 Å². The Morgan fingerprint density at radius 1 is 0.673 bits per heavy atom. The van der Waals surface area contributed by atoms with E-state index >= 15 is 0 Å². The van der Waals surface area contributed by atoms with Crippen LogP contribution >= 0.6 is 0 Å². The van der Waals surface area contributed by atoms with Gasteiger partial charge in [0.25, 0.3) is 0 Å². The molecule has 0 saturated carbocycles.